The van der Waals surface area contributed by atoms with E-state index < -0.39 is 0 Å². The number of amides is 2. The summed E-state index contributed by atoms with van der Waals surface area (Å²) in [5.74, 6) is 0.473. The molecule has 1 aliphatic rings. The summed E-state index contributed by atoms with van der Waals surface area (Å²) in [7, 11) is 0. The molecule has 1 aliphatic heterocycles. The molecular formula is C13H24N2O2S. The molecule has 0 aromatic heterocycles. The number of nitrogens with one attached hydrogen (secondary N) is 1. The van der Waals surface area contributed by atoms with Crippen LogP contribution in [-0.2, 0) is 9.59 Å². The monoisotopic (exact) mass is 272 g/mol. The molecule has 18 heavy (non-hydrogen) atoms. The first-order valence-electron chi connectivity index (χ1n) is 6.55. The molecule has 0 saturated carbocycles. The van der Waals surface area contributed by atoms with E-state index in [1.165, 1.54) is 0 Å². The molecule has 2 amide bonds. The Morgan fingerprint density at radius 1 is 1.39 bits per heavy atom. The number of hydrogen-bond acceptors (Lipinski definition) is 3. The summed E-state index contributed by atoms with van der Waals surface area (Å²) >= 11 is 1.74. The van der Waals surface area contributed by atoms with Crippen molar-refractivity contribution in [3.63, 3.8) is 0 Å². The van der Waals surface area contributed by atoms with Gasteiger partial charge in [0.25, 0.3) is 0 Å². The fourth-order valence-electron chi connectivity index (χ4n) is 2.09. The zero-order valence-corrected chi connectivity index (χ0v) is 12.5. The Bertz CT molecular complexity index is 307. The lowest BCUT2D eigenvalue weighted by atomic mass is 10.0. The minimum absolute atomic E-state index is 0.00620. The highest BCUT2D eigenvalue weighted by molar-refractivity contribution is 7.99. The second-order valence-corrected chi connectivity index (χ2v) is 6.61. The quantitative estimate of drug-likeness (QED) is 0.825. The Morgan fingerprint density at radius 3 is 2.61 bits per heavy atom. The third-order valence-electron chi connectivity index (χ3n) is 3.14. The van der Waals surface area contributed by atoms with E-state index in [2.05, 4.69) is 26.1 Å². The molecule has 0 radical (unpaired) electrons. The SMILES string of the molecule is CSC(C)CN1CCC(=O)NC(CC(C)C)C1=O. The molecule has 0 bridgehead atoms. The van der Waals surface area contributed by atoms with Crippen LogP contribution < -0.4 is 5.32 Å². The van der Waals surface area contributed by atoms with E-state index >= 15 is 0 Å². The van der Waals surface area contributed by atoms with Crippen LogP contribution in [0.5, 0.6) is 0 Å². The van der Waals surface area contributed by atoms with Gasteiger partial charge in [0.2, 0.25) is 11.8 Å². The van der Waals surface area contributed by atoms with Crippen molar-refractivity contribution in [1.82, 2.24) is 10.2 Å². The van der Waals surface area contributed by atoms with Gasteiger partial charge in [-0.1, -0.05) is 20.8 Å². The molecule has 0 spiro atoms. The number of hydrogen-bond donors (Lipinski definition) is 1. The minimum atomic E-state index is -0.339. The van der Waals surface area contributed by atoms with Gasteiger partial charge in [-0.3, -0.25) is 9.59 Å². The molecule has 1 rings (SSSR count). The summed E-state index contributed by atoms with van der Waals surface area (Å²) in [6.45, 7) is 7.52. The van der Waals surface area contributed by atoms with Crippen molar-refractivity contribution >= 4 is 23.6 Å². The normalized spacial score (nSPS) is 22.9. The van der Waals surface area contributed by atoms with Crippen LogP contribution in [0.15, 0.2) is 0 Å². The Kier molecular flexibility index (Phi) is 5.99. The van der Waals surface area contributed by atoms with E-state index in [9.17, 15) is 9.59 Å². The van der Waals surface area contributed by atoms with E-state index in [1.54, 1.807) is 11.8 Å². The summed E-state index contributed by atoms with van der Waals surface area (Å²) in [6.07, 6.45) is 3.18. The molecule has 1 N–H and O–H groups in total. The fraction of sp³-hybridized carbons (Fsp3) is 0.846. The van der Waals surface area contributed by atoms with Crippen LogP contribution in [0.25, 0.3) is 0 Å². The molecule has 0 aliphatic carbocycles. The third-order valence-corrected chi connectivity index (χ3v) is 4.09. The van der Waals surface area contributed by atoms with Gasteiger partial charge in [0.05, 0.1) is 0 Å². The highest BCUT2D eigenvalue weighted by atomic mass is 32.2. The molecule has 2 atom stereocenters. The predicted octanol–water partition coefficient (Wildman–Crippen LogP) is 1.50. The average molecular weight is 272 g/mol. The molecule has 104 valence electrons. The van der Waals surface area contributed by atoms with E-state index in [1.807, 2.05) is 11.2 Å². The predicted molar refractivity (Wildman–Crippen MR) is 75.6 cm³/mol. The molecule has 2 unspecified atom stereocenters. The van der Waals surface area contributed by atoms with E-state index in [0.29, 0.717) is 30.6 Å². The first-order chi connectivity index (χ1) is 8.43. The maximum atomic E-state index is 12.4. The zero-order valence-electron chi connectivity index (χ0n) is 11.7. The first-order valence-corrected chi connectivity index (χ1v) is 7.83. The van der Waals surface area contributed by atoms with Gasteiger partial charge in [-0.2, -0.15) is 11.8 Å². The lowest BCUT2D eigenvalue weighted by Gasteiger charge is -2.26. The maximum absolute atomic E-state index is 12.4. The van der Waals surface area contributed by atoms with Gasteiger partial charge in [-0.05, 0) is 18.6 Å². The lowest BCUT2D eigenvalue weighted by molar-refractivity contribution is -0.133. The second kappa shape index (κ2) is 7.02. The maximum Gasteiger partial charge on any atom is 0.245 e. The minimum Gasteiger partial charge on any atom is -0.344 e. The highest BCUT2D eigenvalue weighted by Crippen LogP contribution is 2.14. The van der Waals surface area contributed by atoms with E-state index in [-0.39, 0.29) is 17.9 Å². The number of carbonyl (C=O) groups excluding carboxylic acids is 2. The van der Waals surface area contributed by atoms with Crippen molar-refractivity contribution in [2.24, 2.45) is 5.92 Å². The van der Waals surface area contributed by atoms with Crippen molar-refractivity contribution in [2.45, 2.75) is 44.9 Å². The molecule has 1 heterocycles. The molecule has 5 heteroatoms. The van der Waals surface area contributed by atoms with Crippen LogP contribution in [0.2, 0.25) is 0 Å². The van der Waals surface area contributed by atoms with Gasteiger partial charge in [-0.25, -0.2) is 0 Å². The van der Waals surface area contributed by atoms with E-state index in [0.717, 1.165) is 6.54 Å². The zero-order chi connectivity index (χ0) is 13.7. The van der Waals surface area contributed by atoms with Gasteiger partial charge in [0.15, 0.2) is 0 Å². The molecular weight excluding hydrogens is 248 g/mol. The summed E-state index contributed by atoms with van der Waals surface area (Å²) in [4.78, 5) is 25.8. The van der Waals surface area contributed by atoms with Gasteiger partial charge in [0.1, 0.15) is 6.04 Å². The smallest absolute Gasteiger partial charge is 0.245 e. The van der Waals surface area contributed by atoms with Crippen LogP contribution in [0.4, 0.5) is 0 Å². The number of carbonyl (C=O) groups is 2. The lowest BCUT2D eigenvalue weighted by Crippen LogP contribution is -2.46. The van der Waals surface area contributed by atoms with Crippen LogP contribution in [0, 0.1) is 5.92 Å². The standard InChI is InChI=1S/C13H24N2O2S/c1-9(2)7-11-13(17)15(8-10(3)18-4)6-5-12(16)14-11/h9-11H,5-8H2,1-4H3,(H,14,16). The highest BCUT2D eigenvalue weighted by Gasteiger charge is 2.30. The molecule has 0 aromatic rings. The number of thioether (sulfide) groups is 1. The van der Waals surface area contributed by atoms with Crippen molar-refractivity contribution in [3.8, 4) is 0 Å². The molecule has 0 aromatic carbocycles. The summed E-state index contributed by atoms with van der Waals surface area (Å²) in [5.41, 5.74) is 0. The van der Waals surface area contributed by atoms with Gasteiger partial charge in [-0.15, -0.1) is 0 Å². The van der Waals surface area contributed by atoms with Gasteiger partial charge >= 0.3 is 0 Å². The average Bonchev–Trinajstić information content (AvgIpc) is 2.42. The van der Waals surface area contributed by atoms with Crippen LogP contribution in [0.1, 0.15) is 33.6 Å². The number of nitrogens with zero attached hydrogens (tertiary/aromatic N) is 1. The third kappa shape index (κ3) is 4.52. The molecule has 1 fully saturated rings. The summed E-state index contributed by atoms with van der Waals surface area (Å²) in [5, 5.41) is 3.25. The first kappa shape index (κ1) is 15.3. The van der Waals surface area contributed by atoms with E-state index in [4.69, 9.17) is 0 Å². The van der Waals surface area contributed by atoms with Crippen LogP contribution >= 0.6 is 11.8 Å². The van der Waals surface area contributed by atoms with Crippen molar-refractivity contribution in [2.75, 3.05) is 19.3 Å². The Balaban J connectivity index is 2.72. The second-order valence-electron chi connectivity index (χ2n) is 5.33. The van der Waals surface area contributed by atoms with Crippen molar-refractivity contribution < 1.29 is 9.59 Å². The Morgan fingerprint density at radius 2 is 2.06 bits per heavy atom. The van der Waals surface area contributed by atoms with Gasteiger partial charge in [0, 0.05) is 24.8 Å². The summed E-state index contributed by atoms with van der Waals surface area (Å²) < 4.78 is 0. The van der Waals surface area contributed by atoms with Crippen molar-refractivity contribution in [1.29, 1.82) is 0 Å². The molecule has 4 nitrogen and oxygen atoms in total. The topological polar surface area (TPSA) is 49.4 Å². The van der Waals surface area contributed by atoms with Crippen molar-refractivity contribution in [3.05, 3.63) is 0 Å². The summed E-state index contributed by atoms with van der Waals surface area (Å²) in [6, 6.07) is -0.339. The Hall–Kier alpha value is -0.710. The molecule has 1 saturated heterocycles. The van der Waals surface area contributed by atoms with Crippen LogP contribution in [0.3, 0.4) is 0 Å². The number of rotatable bonds is 5. The largest absolute Gasteiger partial charge is 0.344 e. The fourth-order valence-corrected chi connectivity index (χ4v) is 2.42. The van der Waals surface area contributed by atoms with Gasteiger partial charge < -0.3 is 10.2 Å². The van der Waals surface area contributed by atoms with Crippen LogP contribution in [-0.4, -0.2) is 47.4 Å². The Labute approximate surface area is 114 Å².